The number of amides is 4. The van der Waals surface area contributed by atoms with E-state index in [1.807, 2.05) is 0 Å². The summed E-state index contributed by atoms with van der Waals surface area (Å²) in [6.07, 6.45) is 2.11. The molecule has 2 unspecified atom stereocenters. The van der Waals surface area contributed by atoms with Gasteiger partial charge in [-0.05, 0) is 41.5 Å². The Hall–Kier alpha value is -3.77. The number of methoxy groups -OCH3 is 2. The first-order valence-corrected chi connectivity index (χ1v) is 10.7. The molecule has 4 rings (SSSR count). The van der Waals surface area contributed by atoms with Gasteiger partial charge in [0, 0.05) is 26.3 Å². The fraction of sp³-hybridized carbons (Fsp3) is 0.292. The molecule has 2 aliphatic rings. The topological polar surface area (TPSA) is 101 Å². The lowest BCUT2D eigenvalue weighted by molar-refractivity contribution is 0.210. The lowest BCUT2D eigenvalue weighted by Crippen LogP contribution is -2.42. The fourth-order valence-electron chi connectivity index (χ4n) is 3.58. The van der Waals surface area contributed by atoms with Crippen LogP contribution < -0.4 is 16.0 Å². The van der Waals surface area contributed by atoms with Crippen LogP contribution >= 0.6 is 0 Å². The predicted molar refractivity (Wildman–Crippen MR) is 122 cm³/mol. The van der Waals surface area contributed by atoms with Crippen LogP contribution in [0.3, 0.4) is 0 Å². The number of urea groups is 2. The molecule has 2 aromatic carbocycles. The third-order valence-corrected chi connectivity index (χ3v) is 5.19. The van der Waals surface area contributed by atoms with Gasteiger partial charge in [-0.25, -0.2) is 32.1 Å². The van der Waals surface area contributed by atoms with E-state index < -0.39 is 47.4 Å². The Morgan fingerprint density at radius 3 is 2.08 bits per heavy atom. The molecule has 0 saturated carbocycles. The summed E-state index contributed by atoms with van der Waals surface area (Å²) in [5.74, 6) is -3.70. The van der Waals surface area contributed by atoms with E-state index in [1.165, 1.54) is 26.4 Å². The minimum absolute atomic E-state index is 0.244. The molecule has 4 amide bonds. The zero-order valence-electron chi connectivity index (χ0n) is 19.4. The van der Waals surface area contributed by atoms with Gasteiger partial charge in [0.1, 0.15) is 0 Å². The smallest absolute Gasteiger partial charge is 0.341 e. The van der Waals surface area contributed by atoms with E-state index >= 15 is 0 Å². The Kier molecular flexibility index (Phi) is 9.14. The maximum Gasteiger partial charge on any atom is 0.341 e. The molecule has 0 radical (unpaired) electrons. The second-order valence-electron chi connectivity index (χ2n) is 7.87. The molecular formula is C24H24F4N4O4. The van der Waals surface area contributed by atoms with Gasteiger partial charge in [-0.1, -0.05) is 12.1 Å². The van der Waals surface area contributed by atoms with Crippen LogP contribution in [0.5, 0.6) is 0 Å². The van der Waals surface area contributed by atoms with Crippen molar-refractivity contribution in [2.24, 2.45) is 4.99 Å². The largest absolute Gasteiger partial charge is 0.379 e. The SMILES string of the molecule is COCC1=CC(c2ccc(F)c(F)c2)NC(=O)N1.COCC1=NC(=O)NC(c2ccc(F)c(F)c2)C1. The summed E-state index contributed by atoms with van der Waals surface area (Å²) in [6.45, 7) is 0.487. The maximum absolute atomic E-state index is 13.1. The van der Waals surface area contributed by atoms with Crippen molar-refractivity contribution in [1.82, 2.24) is 16.0 Å². The molecule has 0 fully saturated rings. The predicted octanol–water partition coefficient (Wildman–Crippen LogP) is 4.06. The average molecular weight is 508 g/mol. The minimum Gasteiger partial charge on any atom is -0.379 e. The third kappa shape index (κ3) is 7.12. The molecular weight excluding hydrogens is 484 g/mol. The maximum atomic E-state index is 13.1. The number of benzene rings is 2. The highest BCUT2D eigenvalue weighted by Gasteiger charge is 2.23. The van der Waals surface area contributed by atoms with Gasteiger partial charge in [0.05, 0.1) is 31.0 Å². The van der Waals surface area contributed by atoms with Gasteiger partial charge in [-0.15, -0.1) is 0 Å². The molecule has 0 aromatic heterocycles. The summed E-state index contributed by atoms with van der Waals surface area (Å²) in [4.78, 5) is 26.5. The zero-order valence-corrected chi connectivity index (χ0v) is 19.4. The molecule has 3 N–H and O–H groups in total. The molecule has 192 valence electrons. The van der Waals surface area contributed by atoms with Gasteiger partial charge in [-0.3, -0.25) is 0 Å². The number of ether oxygens (including phenoxy) is 2. The number of hydrogen-bond donors (Lipinski definition) is 3. The Morgan fingerprint density at radius 1 is 0.861 bits per heavy atom. The molecule has 0 aliphatic carbocycles. The van der Waals surface area contributed by atoms with Crippen molar-refractivity contribution < 1.29 is 36.6 Å². The number of rotatable bonds is 6. The highest BCUT2D eigenvalue weighted by atomic mass is 19.2. The second kappa shape index (κ2) is 12.3. The van der Waals surface area contributed by atoms with Crippen LogP contribution in [0.2, 0.25) is 0 Å². The summed E-state index contributed by atoms with van der Waals surface area (Å²) < 4.78 is 61.7. The van der Waals surface area contributed by atoms with Gasteiger partial charge < -0.3 is 25.4 Å². The lowest BCUT2D eigenvalue weighted by Gasteiger charge is -2.23. The molecule has 0 spiro atoms. The third-order valence-electron chi connectivity index (χ3n) is 5.19. The fourth-order valence-corrected chi connectivity index (χ4v) is 3.58. The molecule has 2 heterocycles. The number of nitrogens with one attached hydrogen (secondary N) is 3. The Morgan fingerprint density at radius 2 is 1.47 bits per heavy atom. The van der Waals surface area contributed by atoms with Crippen molar-refractivity contribution in [2.75, 3.05) is 27.4 Å². The van der Waals surface area contributed by atoms with E-state index in [4.69, 9.17) is 9.47 Å². The summed E-state index contributed by atoms with van der Waals surface area (Å²) in [7, 11) is 3.00. The molecule has 0 bridgehead atoms. The van der Waals surface area contributed by atoms with Gasteiger partial charge in [0.25, 0.3) is 0 Å². The molecule has 2 aliphatic heterocycles. The number of aliphatic imine (C=N–C) groups is 1. The summed E-state index contributed by atoms with van der Waals surface area (Å²) >= 11 is 0. The number of carbonyl (C=O) groups is 2. The van der Waals surface area contributed by atoms with Gasteiger partial charge in [0.2, 0.25) is 0 Å². The number of nitrogens with zero attached hydrogens (tertiary/aromatic N) is 1. The van der Waals surface area contributed by atoms with Crippen LogP contribution in [-0.2, 0) is 9.47 Å². The number of halogens is 4. The first-order chi connectivity index (χ1) is 17.2. The molecule has 36 heavy (non-hydrogen) atoms. The second-order valence-corrected chi connectivity index (χ2v) is 7.87. The van der Waals surface area contributed by atoms with Gasteiger partial charge in [0.15, 0.2) is 23.3 Å². The highest BCUT2D eigenvalue weighted by Crippen LogP contribution is 2.23. The monoisotopic (exact) mass is 508 g/mol. The van der Waals surface area contributed by atoms with Crippen LogP contribution in [0.1, 0.15) is 29.6 Å². The molecule has 8 nitrogen and oxygen atoms in total. The van der Waals surface area contributed by atoms with Gasteiger partial charge >= 0.3 is 12.1 Å². The van der Waals surface area contributed by atoms with Crippen molar-refractivity contribution in [3.63, 3.8) is 0 Å². The molecule has 2 atom stereocenters. The van der Waals surface area contributed by atoms with Crippen molar-refractivity contribution in [3.8, 4) is 0 Å². The van der Waals surface area contributed by atoms with E-state index in [-0.39, 0.29) is 13.2 Å². The van der Waals surface area contributed by atoms with E-state index in [0.29, 0.717) is 29.0 Å². The lowest BCUT2D eigenvalue weighted by atomic mass is 10.00. The van der Waals surface area contributed by atoms with Crippen molar-refractivity contribution in [1.29, 1.82) is 0 Å². The summed E-state index contributed by atoms with van der Waals surface area (Å²) in [6, 6.07) is 5.27. The summed E-state index contributed by atoms with van der Waals surface area (Å²) in [5.41, 5.74) is 2.13. The standard InChI is InChI=1S/2C12H12F2N2O2/c2*1-18-6-8-5-11(16-12(17)15-8)7-2-3-9(13)10(14)4-7/h2-4,11H,5-6H2,1H3,(H,16,17);2-5,11H,6H2,1H3,(H2,15,16,17). The van der Waals surface area contributed by atoms with Crippen LogP contribution in [0.4, 0.5) is 27.2 Å². The van der Waals surface area contributed by atoms with E-state index in [9.17, 15) is 27.2 Å². The molecule has 12 heteroatoms. The van der Waals surface area contributed by atoms with Crippen LogP contribution in [0.25, 0.3) is 0 Å². The van der Waals surface area contributed by atoms with E-state index in [1.54, 1.807) is 6.08 Å². The molecule has 2 aromatic rings. The van der Waals surface area contributed by atoms with Crippen LogP contribution in [0, 0.1) is 23.3 Å². The Balaban J connectivity index is 0.000000201. The molecule has 0 saturated heterocycles. The zero-order chi connectivity index (χ0) is 26.2. The normalized spacial score (nSPS) is 19.2. The summed E-state index contributed by atoms with van der Waals surface area (Å²) in [5, 5.41) is 7.75. The first kappa shape index (κ1) is 26.8. The van der Waals surface area contributed by atoms with Gasteiger partial charge in [-0.2, -0.15) is 0 Å². The quantitative estimate of drug-likeness (QED) is 0.513. The van der Waals surface area contributed by atoms with Crippen LogP contribution in [0.15, 0.2) is 53.2 Å². The number of hydrogen-bond acceptors (Lipinski definition) is 4. The van der Waals surface area contributed by atoms with Crippen molar-refractivity contribution in [3.05, 3.63) is 82.6 Å². The Labute approximate surface area is 204 Å². The van der Waals surface area contributed by atoms with Crippen molar-refractivity contribution >= 4 is 17.8 Å². The highest BCUT2D eigenvalue weighted by molar-refractivity contribution is 5.98. The Bertz CT molecular complexity index is 1190. The first-order valence-electron chi connectivity index (χ1n) is 10.7. The number of carbonyl (C=O) groups excluding carboxylic acids is 2. The average Bonchev–Trinajstić information content (AvgIpc) is 2.83. The van der Waals surface area contributed by atoms with E-state index in [0.717, 1.165) is 24.3 Å². The van der Waals surface area contributed by atoms with Crippen molar-refractivity contribution in [2.45, 2.75) is 18.5 Å². The minimum atomic E-state index is -0.943. The van der Waals surface area contributed by atoms with Crippen LogP contribution in [-0.4, -0.2) is 45.2 Å². The van der Waals surface area contributed by atoms with E-state index in [2.05, 4.69) is 20.9 Å².